The fraction of sp³-hybridized carbons (Fsp3) is 0.238. The van der Waals surface area contributed by atoms with Crippen LogP contribution in [0.15, 0.2) is 54.9 Å². The molecule has 0 fully saturated rings. The van der Waals surface area contributed by atoms with E-state index in [9.17, 15) is 9.59 Å². The summed E-state index contributed by atoms with van der Waals surface area (Å²) in [6.07, 6.45) is 4.11. The third kappa shape index (κ3) is 4.82. The van der Waals surface area contributed by atoms with E-state index in [1.807, 2.05) is 56.3 Å². The summed E-state index contributed by atoms with van der Waals surface area (Å²) in [6.45, 7) is 3.37. The highest BCUT2D eigenvalue weighted by Crippen LogP contribution is 2.22. The average molecular weight is 378 g/mol. The number of carbonyl (C=O) groups is 2. The van der Waals surface area contributed by atoms with Crippen molar-refractivity contribution in [2.24, 2.45) is 0 Å². The van der Waals surface area contributed by atoms with Crippen molar-refractivity contribution in [3.63, 3.8) is 0 Å². The Hall–Kier alpha value is -3.48. The molecule has 0 spiro atoms. The number of pyridine rings is 1. The number of aromatic nitrogens is 3. The van der Waals surface area contributed by atoms with E-state index in [2.05, 4.69) is 15.4 Å². The summed E-state index contributed by atoms with van der Waals surface area (Å²) in [5.74, 6) is -0.809. The molecule has 1 N–H and O–H groups in total. The van der Waals surface area contributed by atoms with Gasteiger partial charge in [-0.15, -0.1) is 0 Å². The molecule has 1 amide bonds. The number of amides is 1. The van der Waals surface area contributed by atoms with Crippen LogP contribution < -0.4 is 5.32 Å². The van der Waals surface area contributed by atoms with Gasteiger partial charge < -0.3 is 10.1 Å². The van der Waals surface area contributed by atoms with Gasteiger partial charge in [0, 0.05) is 18.8 Å². The number of carbonyl (C=O) groups excluding carboxylic acids is 2. The van der Waals surface area contributed by atoms with E-state index in [1.54, 1.807) is 17.1 Å². The summed E-state index contributed by atoms with van der Waals surface area (Å²) in [5.41, 5.74) is 4.03. The van der Waals surface area contributed by atoms with Crippen molar-refractivity contribution in [1.82, 2.24) is 14.8 Å². The van der Waals surface area contributed by atoms with Crippen molar-refractivity contribution in [2.75, 3.05) is 11.9 Å². The second-order valence-corrected chi connectivity index (χ2v) is 6.36. The number of nitrogens with one attached hydrogen (secondary N) is 1. The fourth-order valence-electron chi connectivity index (χ4n) is 2.83. The first kappa shape index (κ1) is 19.3. The van der Waals surface area contributed by atoms with Gasteiger partial charge in [-0.25, -0.2) is 4.68 Å². The Morgan fingerprint density at radius 1 is 1.07 bits per heavy atom. The van der Waals surface area contributed by atoms with E-state index in [0.29, 0.717) is 17.8 Å². The van der Waals surface area contributed by atoms with Crippen molar-refractivity contribution in [1.29, 1.82) is 0 Å². The molecule has 0 saturated heterocycles. The predicted octanol–water partition coefficient (Wildman–Crippen LogP) is 3.00. The highest BCUT2D eigenvalue weighted by molar-refractivity contribution is 5.93. The number of hydrogen-bond acceptors (Lipinski definition) is 5. The molecular formula is C21H22N4O3. The number of anilines is 1. The smallest absolute Gasteiger partial charge is 0.306 e. The molecule has 0 aliphatic carbocycles. The lowest BCUT2D eigenvalue weighted by molar-refractivity contribution is -0.147. The van der Waals surface area contributed by atoms with Crippen LogP contribution in [0.3, 0.4) is 0 Å². The Labute approximate surface area is 163 Å². The lowest BCUT2D eigenvalue weighted by Gasteiger charge is -2.08. The Morgan fingerprint density at radius 3 is 2.50 bits per heavy atom. The molecule has 2 heterocycles. The van der Waals surface area contributed by atoms with E-state index in [0.717, 1.165) is 16.9 Å². The summed E-state index contributed by atoms with van der Waals surface area (Å²) in [7, 11) is 0. The van der Waals surface area contributed by atoms with Gasteiger partial charge in [0.25, 0.3) is 5.91 Å². The predicted molar refractivity (Wildman–Crippen MR) is 105 cm³/mol. The summed E-state index contributed by atoms with van der Waals surface area (Å²) < 4.78 is 6.84. The Balaban J connectivity index is 1.54. The zero-order valence-electron chi connectivity index (χ0n) is 15.9. The first-order valence-electron chi connectivity index (χ1n) is 9.00. The lowest BCUT2D eigenvalue weighted by Crippen LogP contribution is -2.21. The Bertz CT molecular complexity index is 953. The second-order valence-electron chi connectivity index (χ2n) is 6.36. The first-order chi connectivity index (χ1) is 13.5. The first-order valence-corrected chi connectivity index (χ1v) is 9.00. The number of ether oxygens (including phenoxy) is 1. The Kier molecular flexibility index (Phi) is 6.16. The highest BCUT2D eigenvalue weighted by atomic mass is 16.5. The molecule has 3 aromatic rings. The lowest BCUT2D eigenvalue weighted by atomic mass is 10.1. The minimum atomic E-state index is -0.416. The molecule has 0 unspecified atom stereocenters. The molecule has 1 aromatic carbocycles. The second kappa shape index (κ2) is 8.94. The van der Waals surface area contributed by atoms with E-state index in [-0.39, 0.29) is 13.0 Å². The van der Waals surface area contributed by atoms with E-state index in [4.69, 9.17) is 4.74 Å². The minimum Gasteiger partial charge on any atom is -0.456 e. The molecule has 0 atom stereocenters. The maximum Gasteiger partial charge on any atom is 0.306 e. The third-order valence-electron chi connectivity index (χ3n) is 4.29. The molecule has 7 heteroatoms. The average Bonchev–Trinajstić information content (AvgIpc) is 3.00. The van der Waals surface area contributed by atoms with Crippen LogP contribution in [-0.4, -0.2) is 33.2 Å². The zero-order chi connectivity index (χ0) is 19.9. The number of hydrogen-bond donors (Lipinski definition) is 1. The van der Waals surface area contributed by atoms with Crippen LogP contribution in [-0.2, 0) is 20.7 Å². The number of nitrogens with zero attached hydrogens (tertiary/aromatic N) is 3. The van der Waals surface area contributed by atoms with Gasteiger partial charge >= 0.3 is 5.97 Å². The summed E-state index contributed by atoms with van der Waals surface area (Å²) in [4.78, 5) is 28.0. The van der Waals surface area contributed by atoms with Crippen molar-refractivity contribution in [2.45, 2.75) is 26.7 Å². The molecule has 0 aliphatic rings. The van der Waals surface area contributed by atoms with Crippen LogP contribution in [0.4, 0.5) is 5.69 Å². The van der Waals surface area contributed by atoms with Gasteiger partial charge in [-0.3, -0.25) is 14.6 Å². The quantitative estimate of drug-likeness (QED) is 0.639. The van der Waals surface area contributed by atoms with Crippen molar-refractivity contribution >= 4 is 17.6 Å². The highest BCUT2D eigenvalue weighted by Gasteiger charge is 2.16. The molecule has 7 nitrogen and oxygen atoms in total. The maximum absolute atomic E-state index is 12.2. The van der Waals surface area contributed by atoms with Crippen LogP contribution >= 0.6 is 0 Å². The number of benzene rings is 1. The molecule has 0 radical (unpaired) electrons. The van der Waals surface area contributed by atoms with Crippen LogP contribution in [0.2, 0.25) is 0 Å². The largest absolute Gasteiger partial charge is 0.456 e. The third-order valence-corrected chi connectivity index (χ3v) is 4.29. The van der Waals surface area contributed by atoms with E-state index >= 15 is 0 Å². The Morgan fingerprint density at radius 2 is 1.79 bits per heavy atom. The minimum absolute atomic E-state index is 0.210. The van der Waals surface area contributed by atoms with Crippen LogP contribution in [0, 0.1) is 13.8 Å². The van der Waals surface area contributed by atoms with Crippen LogP contribution in [0.25, 0.3) is 5.69 Å². The SMILES string of the molecule is Cc1nn(-c2ccccc2)c(C)c1NC(=O)COC(=O)CCc1ccncc1. The number of rotatable bonds is 7. The van der Waals surface area contributed by atoms with Gasteiger partial charge in [-0.05, 0) is 50.1 Å². The number of para-hydroxylation sites is 1. The summed E-state index contributed by atoms with van der Waals surface area (Å²) in [6, 6.07) is 13.4. The van der Waals surface area contributed by atoms with Gasteiger partial charge in [-0.1, -0.05) is 18.2 Å². The van der Waals surface area contributed by atoms with Crippen LogP contribution in [0.5, 0.6) is 0 Å². The molecule has 0 saturated carbocycles. The molecule has 0 bridgehead atoms. The van der Waals surface area contributed by atoms with Gasteiger partial charge in [-0.2, -0.15) is 5.10 Å². The van der Waals surface area contributed by atoms with Gasteiger partial charge in [0.2, 0.25) is 0 Å². The standard InChI is InChI=1S/C21H22N4O3/c1-15-21(16(2)25(24-15)18-6-4-3-5-7-18)23-19(26)14-28-20(27)9-8-17-10-12-22-13-11-17/h3-7,10-13H,8-9,14H2,1-2H3,(H,23,26). The van der Waals surface area contributed by atoms with Gasteiger partial charge in [0.1, 0.15) is 0 Å². The molecule has 3 rings (SSSR count). The van der Waals surface area contributed by atoms with E-state index in [1.165, 1.54) is 0 Å². The van der Waals surface area contributed by atoms with Crippen molar-refractivity contribution in [3.05, 3.63) is 71.8 Å². The monoisotopic (exact) mass is 378 g/mol. The summed E-state index contributed by atoms with van der Waals surface area (Å²) in [5, 5.41) is 7.27. The van der Waals surface area contributed by atoms with Crippen molar-refractivity contribution < 1.29 is 14.3 Å². The molecule has 144 valence electrons. The molecule has 28 heavy (non-hydrogen) atoms. The zero-order valence-corrected chi connectivity index (χ0v) is 15.9. The molecule has 0 aliphatic heterocycles. The van der Waals surface area contributed by atoms with Gasteiger partial charge in [0.05, 0.1) is 22.8 Å². The maximum atomic E-state index is 12.2. The fourth-order valence-corrected chi connectivity index (χ4v) is 2.83. The van der Waals surface area contributed by atoms with Crippen LogP contribution in [0.1, 0.15) is 23.4 Å². The molecule has 2 aromatic heterocycles. The van der Waals surface area contributed by atoms with Crippen molar-refractivity contribution in [3.8, 4) is 5.69 Å². The van der Waals surface area contributed by atoms with Gasteiger partial charge in [0.15, 0.2) is 6.61 Å². The normalized spacial score (nSPS) is 10.5. The summed E-state index contributed by atoms with van der Waals surface area (Å²) >= 11 is 0. The molecular weight excluding hydrogens is 356 g/mol. The number of esters is 1. The number of aryl methyl sites for hydroxylation is 2. The van der Waals surface area contributed by atoms with E-state index < -0.39 is 11.9 Å². The topological polar surface area (TPSA) is 86.1 Å².